The number of amides is 2. The van der Waals surface area contributed by atoms with Gasteiger partial charge in [-0.15, -0.1) is 11.8 Å². The number of rotatable bonds is 9. The van der Waals surface area contributed by atoms with Crippen LogP contribution in [0.3, 0.4) is 0 Å². The Bertz CT molecular complexity index is 1110. The van der Waals surface area contributed by atoms with Gasteiger partial charge in [0.25, 0.3) is 11.8 Å². The fraction of sp³-hybridized carbons (Fsp3) is 0.125. The van der Waals surface area contributed by atoms with Crippen molar-refractivity contribution in [2.24, 2.45) is 5.10 Å². The summed E-state index contributed by atoms with van der Waals surface area (Å²) in [7, 11) is 0. The first-order valence-electron chi connectivity index (χ1n) is 9.92. The predicted molar refractivity (Wildman–Crippen MR) is 129 cm³/mol. The van der Waals surface area contributed by atoms with Crippen LogP contribution in [0, 0.1) is 5.82 Å². The summed E-state index contributed by atoms with van der Waals surface area (Å²) in [5, 5.41) is 6.91. The lowest BCUT2D eigenvalue weighted by molar-refractivity contribution is -0.120. The molecule has 0 saturated carbocycles. The number of benzene rings is 3. The second kappa shape index (κ2) is 12.0. The van der Waals surface area contributed by atoms with Crippen molar-refractivity contribution in [3.63, 3.8) is 0 Å². The standard InChI is InChI=1S/C24H21ClFN3O3S/c1-16(33-22-12-4-18(25)5-13-22)24(31)29-27-14-17-2-10-21(11-3-17)32-15-23(30)28-20-8-6-19(26)7-9-20/h2-14,16H,15H2,1H3,(H,28,30)(H,29,31)/b27-14-/t16-/m1/s1. The maximum Gasteiger partial charge on any atom is 0.262 e. The van der Waals surface area contributed by atoms with Crippen LogP contribution in [0.4, 0.5) is 10.1 Å². The van der Waals surface area contributed by atoms with Crippen molar-refractivity contribution in [2.45, 2.75) is 17.1 Å². The molecule has 0 unspecified atom stereocenters. The van der Waals surface area contributed by atoms with Gasteiger partial charge in [-0.05, 0) is 85.3 Å². The summed E-state index contributed by atoms with van der Waals surface area (Å²) < 4.78 is 18.3. The third-order valence-electron chi connectivity index (χ3n) is 4.26. The molecule has 0 radical (unpaired) electrons. The fourth-order valence-corrected chi connectivity index (χ4v) is 3.55. The molecule has 3 rings (SSSR count). The highest BCUT2D eigenvalue weighted by molar-refractivity contribution is 8.00. The lowest BCUT2D eigenvalue weighted by Crippen LogP contribution is -2.26. The van der Waals surface area contributed by atoms with Gasteiger partial charge in [-0.1, -0.05) is 11.6 Å². The molecule has 6 nitrogen and oxygen atoms in total. The van der Waals surface area contributed by atoms with E-state index in [-0.39, 0.29) is 29.5 Å². The Labute approximate surface area is 200 Å². The van der Waals surface area contributed by atoms with Gasteiger partial charge in [-0.3, -0.25) is 9.59 Å². The summed E-state index contributed by atoms with van der Waals surface area (Å²) in [6.45, 7) is 1.60. The van der Waals surface area contributed by atoms with Gasteiger partial charge < -0.3 is 10.1 Å². The Morgan fingerprint density at radius 3 is 2.39 bits per heavy atom. The summed E-state index contributed by atoms with van der Waals surface area (Å²) in [5.74, 6) is -0.462. The number of nitrogens with one attached hydrogen (secondary N) is 2. The van der Waals surface area contributed by atoms with Gasteiger partial charge >= 0.3 is 0 Å². The molecule has 0 aromatic heterocycles. The zero-order chi connectivity index (χ0) is 23.6. The highest BCUT2D eigenvalue weighted by Crippen LogP contribution is 2.24. The molecule has 1 atom stereocenters. The Kier molecular flexibility index (Phi) is 8.86. The molecule has 0 bridgehead atoms. The van der Waals surface area contributed by atoms with Gasteiger partial charge in [0.2, 0.25) is 0 Å². The molecule has 0 aliphatic carbocycles. The third-order valence-corrected chi connectivity index (χ3v) is 5.63. The van der Waals surface area contributed by atoms with E-state index < -0.39 is 0 Å². The second-order valence-electron chi connectivity index (χ2n) is 6.86. The first-order valence-corrected chi connectivity index (χ1v) is 11.2. The van der Waals surface area contributed by atoms with Crippen molar-refractivity contribution < 1.29 is 18.7 Å². The Hall–Kier alpha value is -3.36. The molecule has 33 heavy (non-hydrogen) atoms. The molecule has 0 fully saturated rings. The normalized spacial score (nSPS) is 11.7. The summed E-state index contributed by atoms with van der Waals surface area (Å²) in [6.07, 6.45) is 1.52. The van der Waals surface area contributed by atoms with Gasteiger partial charge in [0.15, 0.2) is 6.61 Å². The summed E-state index contributed by atoms with van der Waals surface area (Å²) in [6, 6.07) is 19.6. The molecule has 0 heterocycles. The van der Waals surface area contributed by atoms with Crippen LogP contribution in [0.15, 0.2) is 82.8 Å². The predicted octanol–water partition coefficient (Wildman–Crippen LogP) is 5.13. The number of thioether (sulfide) groups is 1. The van der Waals surface area contributed by atoms with E-state index in [2.05, 4.69) is 15.8 Å². The van der Waals surface area contributed by atoms with Crippen LogP contribution >= 0.6 is 23.4 Å². The average molecular weight is 486 g/mol. The second-order valence-corrected chi connectivity index (χ2v) is 8.71. The van der Waals surface area contributed by atoms with Gasteiger partial charge in [0, 0.05) is 15.6 Å². The minimum Gasteiger partial charge on any atom is -0.484 e. The molecule has 170 valence electrons. The highest BCUT2D eigenvalue weighted by atomic mass is 35.5. The molecule has 0 saturated heterocycles. The van der Waals surface area contributed by atoms with Crippen LogP contribution < -0.4 is 15.5 Å². The van der Waals surface area contributed by atoms with Crippen LogP contribution in [0.25, 0.3) is 0 Å². The quantitative estimate of drug-likeness (QED) is 0.250. The molecule has 2 N–H and O–H groups in total. The van der Waals surface area contributed by atoms with Crippen LogP contribution in [-0.4, -0.2) is 29.9 Å². The smallest absolute Gasteiger partial charge is 0.262 e. The first-order chi connectivity index (χ1) is 15.9. The molecule has 0 spiro atoms. The molecule has 0 aliphatic rings. The van der Waals surface area contributed by atoms with Gasteiger partial charge in [0.05, 0.1) is 11.5 Å². The van der Waals surface area contributed by atoms with E-state index in [4.69, 9.17) is 16.3 Å². The topological polar surface area (TPSA) is 79.8 Å². The number of carbonyl (C=O) groups excluding carboxylic acids is 2. The maximum absolute atomic E-state index is 12.9. The number of carbonyl (C=O) groups is 2. The van der Waals surface area contributed by atoms with Crippen molar-refractivity contribution in [2.75, 3.05) is 11.9 Å². The zero-order valence-corrected chi connectivity index (χ0v) is 19.2. The molecule has 3 aromatic carbocycles. The van der Waals surface area contributed by atoms with Crippen LogP contribution in [0.1, 0.15) is 12.5 Å². The van der Waals surface area contributed by atoms with Crippen molar-refractivity contribution in [1.29, 1.82) is 0 Å². The van der Waals surface area contributed by atoms with Crippen molar-refractivity contribution in [1.82, 2.24) is 5.43 Å². The Morgan fingerprint density at radius 1 is 1.06 bits per heavy atom. The summed E-state index contributed by atoms with van der Waals surface area (Å²) >= 11 is 7.28. The van der Waals surface area contributed by atoms with E-state index in [0.29, 0.717) is 16.5 Å². The number of hydrazone groups is 1. The van der Waals surface area contributed by atoms with E-state index in [0.717, 1.165) is 10.5 Å². The monoisotopic (exact) mass is 485 g/mol. The van der Waals surface area contributed by atoms with Crippen molar-refractivity contribution in [3.05, 3.63) is 89.2 Å². The Morgan fingerprint density at radius 2 is 1.73 bits per heavy atom. The number of ether oxygens (including phenoxy) is 1. The first kappa shape index (κ1) is 24.3. The molecule has 0 aliphatic heterocycles. The van der Waals surface area contributed by atoms with E-state index in [1.165, 1.54) is 42.2 Å². The highest BCUT2D eigenvalue weighted by Gasteiger charge is 2.13. The van der Waals surface area contributed by atoms with E-state index in [1.807, 2.05) is 12.1 Å². The van der Waals surface area contributed by atoms with E-state index in [1.54, 1.807) is 43.3 Å². The molecular formula is C24H21ClFN3O3S. The number of halogens is 2. The largest absolute Gasteiger partial charge is 0.484 e. The Balaban J connectivity index is 1.41. The molecule has 2 amide bonds. The molecule has 3 aromatic rings. The van der Waals surface area contributed by atoms with E-state index in [9.17, 15) is 14.0 Å². The number of anilines is 1. The number of hydrogen-bond acceptors (Lipinski definition) is 5. The average Bonchev–Trinajstić information content (AvgIpc) is 2.81. The van der Waals surface area contributed by atoms with Crippen LogP contribution in [0.2, 0.25) is 5.02 Å². The molecule has 9 heteroatoms. The van der Waals surface area contributed by atoms with Crippen LogP contribution in [-0.2, 0) is 9.59 Å². The maximum atomic E-state index is 12.9. The van der Waals surface area contributed by atoms with Crippen LogP contribution in [0.5, 0.6) is 5.75 Å². The van der Waals surface area contributed by atoms with Crippen molar-refractivity contribution >= 4 is 47.1 Å². The summed E-state index contributed by atoms with van der Waals surface area (Å²) in [4.78, 5) is 25.1. The minimum atomic E-state index is -0.376. The van der Waals surface area contributed by atoms with Gasteiger partial charge in [-0.2, -0.15) is 5.10 Å². The third kappa shape index (κ3) is 8.25. The minimum absolute atomic E-state index is 0.190. The number of hydrogen-bond donors (Lipinski definition) is 2. The lowest BCUT2D eigenvalue weighted by atomic mass is 10.2. The zero-order valence-electron chi connectivity index (χ0n) is 17.6. The van der Waals surface area contributed by atoms with Gasteiger partial charge in [-0.25, -0.2) is 9.82 Å². The lowest BCUT2D eigenvalue weighted by Gasteiger charge is -2.09. The number of nitrogens with zero attached hydrogens (tertiary/aromatic N) is 1. The summed E-state index contributed by atoms with van der Waals surface area (Å²) in [5.41, 5.74) is 3.75. The SMILES string of the molecule is C[C@@H](Sc1ccc(Cl)cc1)C(=O)N/N=C\c1ccc(OCC(=O)Nc2ccc(F)cc2)cc1. The fourth-order valence-electron chi connectivity index (χ4n) is 2.56. The van der Waals surface area contributed by atoms with Gasteiger partial charge in [0.1, 0.15) is 11.6 Å². The van der Waals surface area contributed by atoms with E-state index >= 15 is 0 Å². The molecular weight excluding hydrogens is 465 g/mol. The van der Waals surface area contributed by atoms with Crippen molar-refractivity contribution in [3.8, 4) is 5.75 Å².